The van der Waals surface area contributed by atoms with Gasteiger partial charge in [0.1, 0.15) is 11.6 Å². The first-order valence-corrected chi connectivity index (χ1v) is 9.34. The van der Waals surface area contributed by atoms with Crippen molar-refractivity contribution in [2.45, 2.75) is 12.4 Å². The first-order chi connectivity index (χ1) is 14.3. The number of likely N-dealkylation sites (N-methyl/N-ethyl adjacent to an activating group) is 1. The Hall–Kier alpha value is -2.92. The predicted molar refractivity (Wildman–Crippen MR) is 102 cm³/mol. The van der Waals surface area contributed by atoms with E-state index in [-0.39, 0.29) is 23.5 Å². The van der Waals surface area contributed by atoms with Crippen LogP contribution in [0, 0.1) is 0 Å². The van der Waals surface area contributed by atoms with Gasteiger partial charge in [-0.05, 0) is 18.2 Å². The van der Waals surface area contributed by atoms with Crippen molar-refractivity contribution in [3.8, 4) is 11.1 Å². The van der Waals surface area contributed by atoms with E-state index in [2.05, 4.69) is 9.97 Å². The van der Waals surface area contributed by atoms with Gasteiger partial charge in [0, 0.05) is 43.7 Å². The molecule has 4 rings (SSSR count). The van der Waals surface area contributed by atoms with Gasteiger partial charge in [-0.1, -0.05) is 0 Å². The summed E-state index contributed by atoms with van der Waals surface area (Å²) in [6.45, 7) is 2.46. The van der Waals surface area contributed by atoms with E-state index in [0.29, 0.717) is 32.1 Å². The monoisotopic (exact) mass is 423 g/mol. The molecule has 2 fully saturated rings. The van der Waals surface area contributed by atoms with Crippen molar-refractivity contribution in [2.75, 3.05) is 49.7 Å². The summed E-state index contributed by atoms with van der Waals surface area (Å²) >= 11 is 0. The highest BCUT2D eigenvalue weighted by Gasteiger charge is 2.39. The molecule has 8 nitrogen and oxygen atoms in total. The fraction of sp³-hybridized carbons (Fsp3) is 0.421. The quantitative estimate of drug-likeness (QED) is 0.815. The minimum absolute atomic E-state index is 0.0173. The number of morpholine rings is 1. The van der Waals surface area contributed by atoms with E-state index in [1.807, 2.05) is 4.90 Å². The van der Waals surface area contributed by atoms with Gasteiger partial charge in [-0.3, -0.25) is 0 Å². The fourth-order valence-corrected chi connectivity index (χ4v) is 3.53. The number of β-amino-alcohol motifs (C(OH)–C–C–N with tert-alkyl or cyclic N) is 1. The Balaban J connectivity index is 1.69. The van der Waals surface area contributed by atoms with Gasteiger partial charge in [0.05, 0.1) is 25.3 Å². The summed E-state index contributed by atoms with van der Waals surface area (Å²) in [5.41, 5.74) is -0.853. The number of carbonyl (C=O) groups excluding carboxylic acids is 1. The normalized spacial score (nSPS) is 20.2. The molecule has 2 aromatic heterocycles. The first-order valence-electron chi connectivity index (χ1n) is 9.34. The number of nitrogens with zero attached hydrogens (tertiary/aromatic N) is 5. The van der Waals surface area contributed by atoms with Crippen LogP contribution in [0.5, 0.6) is 0 Å². The van der Waals surface area contributed by atoms with Crippen molar-refractivity contribution in [3.63, 3.8) is 0 Å². The zero-order valence-electron chi connectivity index (χ0n) is 16.1. The Morgan fingerprint density at radius 2 is 1.83 bits per heavy atom. The smallest absolute Gasteiger partial charge is 0.378 e. The number of alkyl halides is 3. The van der Waals surface area contributed by atoms with Gasteiger partial charge in [0.15, 0.2) is 6.23 Å². The predicted octanol–water partition coefficient (Wildman–Crippen LogP) is 2.19. The zero-order valence-corrected chi connectivity index (χ0v) is 16.1. The molecule has 4 heterocycles. The molecule has 2 amide bonds. The van der Waals surface area contributed by atoms with Crippen LogP contribution in [0.15, 0.2) is 30.6 Å². The molecule has 0 radical (unpaired) electrons. The topological polar surface area (TPSA) is 82.0 Å². The van der Waals surface area contributed by atoms with Crippen molar-refractivity contribution in [1.82, 2.24) is 14.9 Å². The highest BCUT2D eigenvalue weighted by molar-refractivity contribution is 5.93. The number of aliphatic hydroxyl groups is 1. The second-order valence-corrected chi connectivity index (χ2v) is 7.10. The van der Waals surface area contributed by atoms with Crippen molar-refractivity contribution >= 4 is 17.7 Å². The zero-order chi connectivity index (χ0) is 21.5. The van der Waals surface area contributed by atoms with Crippen molar-refractivity contribution in [2.24, 2.45) is 0 Å². The van der Waals surface area contributed by atoms with Crippen LogP contribution in [0.4, 0.5) is 29.6 Å². The van der Waals surface area contributed by atoms with E-state index >= 15 is 0 Å². The Bertz CT molecular complexity index is 932. The van der Waals surface area contributed by atoms with E-state index in [1.54, 1.807) is 12.1 Å². The molecule has 0 aliphatic carbocycles. The Kier molecular flexibility index (Phi) is 5.24. The summed E-state index contributed by atoms with van der Waals surface area (Å²) in [5.74, 6) is 0.403. The average Bonchev–Trinajstić information content (AvgIpc) is 2.99. The molecule has 11 heteroatoms. The fourth-order valence-electron chi connectivity index (χ4n) is 3.53. The number of ether oxygens (including phenoxy) is 1. The minimum Gasteiger partial charge on any atom is -0.378 e. The van der Waals surface area contributed by atoms with Crippen molar-refractivity contribution in [1.29, 1.82) is 0 Å². The first kappa shape index (κ1) is 20.4. The van der Waals surface area contributed by atoms with Gasteiger partial charge in [-0.25, -0.2) is 19.7 Å². The molecular formula is C19H20F3N5O3. The number of hydrogen-bond acceptors (Lipinski definition) is 6. The maximum atomic E-state index is 13.8. The molecule has 2 aliphatic rings. The van der Waals surface area contributed by atoms with Crippen molar-refractivity contribution < 1.29 is 27.8 Å². The van der Waals surface area contributed by atoms with Crippen LogP contribution in [-0.2, 0) is 10.9 Å². The number of carbonyl (C=O) groups is 1. The second-order valence-electron chi connectivity index (χ2n) is 7.10. The molecule has 0 spiro atoms. The Labute approximate surface area is 170 Å². The third-order valence-corrected chi connectivity index (χ3v) is 5.10. The van der Waals surface area contributed by atoms with Gasteiger partial charge in [-0.15, -0.1) is 0 Å². The van der Waals surface area contributed by atoms with Gasteiger partial charge < -0.3 is 19.6 Å². The molecular weight excluding hydrogens is 403 g/mol. The standard InChI is InChI=1S/C19H20F3N5O3/c1-25-11-17(28)27(18(25)29)16-8-14(19(20,21)22)13(10-24-16)12-2-3-15(23-9-12)26-4-6-30-7-5-26/h2-3,8-10,17,28H,4-7,11H2,1H3. The van der Waals surface area contributed by atoms with Crippen LogP contribution in [0.3, 0.4) is 0 Å². The molecule has 0 aromatic carbocycles. The maximum Gasteiger partial charge on any atom is 0.417 e. The van der Waals surface area contributed by atoms with Crippen LogP contribution in [0.1, 0.15) is 5.56 Å². The summed E-state index contributed by atoms with van der Waals surface area (Å²) in [7, 11) is 1.45. The van der Waals surface area contributed by atoms with Crippen LogP contribution in [-0.4, -0.2) is 72.1 Å². The van der Waals surface area contributed by atoms with Crippen LogP contribution in [0.2, 0.25) is 0 Å². The van der Waals surface area contributed by atoms with Crippen LogP contribution >= 0.6 is 0 Å². The summed E-state index contributed by atoms with van der Waals surface area (Å²) in [6, 6.07) is 3.39. The van der Waals surface area contributed by atoms with E-state index in [4.69, 9.17) is 4.74 Å². The number of anilines is 2. The lowest BCUT2D eigenvalue weighted by atomic mass is 10.0. The number of pyridine rings is 2. The largest absolute Gasteiger partial charge is 0.417 e. The summed E-state index contributed by atoms with van der Waals surface area (Å²) in [6.07, 6.45) is -3.52. The van der Waals surface area contributed by atoms with Gasteiger partial charge >= 0.3 is 12.2 Å². The third-order valence-electron chi connectivity index (χ3n) is 5.10. The summed E-state index contributed by atoms with van der Waals surface area (Å²) in [4.78, 5) is 24.5. The van der Waals surface area contributed by atoms with E-state index in [1.165, 1.54) is 18.1 Å². The van der Waals surface area contributed by atoms with Crippen LogP contribution < -0.4 is 9.80 Å². The SMILES string of the molecule is CN1CC(O)N(c2cc(C(F)(F)F)c(-c3ccc(N4CCOCC4)nc3)cn2)C1=O. The van der Waals surface area contributed by atoms with Gasteiger partial charge in [0.25, 0.3) is 0 Å². The summed E-state index contributed by atoms with van der Waals surface area (Å²) in [5, 5.41) is 10.0. The minimum atomic E-state index is -4.68. The van der Waals surface area contributed by atoms with E-state index in [0.717, 1.165) is 17.2 Å². The molecule has 2 saturated heterocycles. The lowest BCUT2D eigenvalue weighted by molar-refractivity contribution is -0.137. The molecule has 2 aromatic rings. The lowest BCUT2D eigenvalue weighted by Gasteiger charge is -2.27. The highest BCUT2D eigenvalue weighted by Crippen LogP contribution is 2.39. The Morgan fingerprint density at radius 3 is 2.40 bits per heavy atom. The summed E-state index contributed by atoms with van der Waals surface area (Å²) < 4.78 is 46.7. The third kappa shape index (κ3) is 3.77. The molecule has 160 valence electrons. The molecule has 30 heavy (non-hydrogen) atoms. The van der Waals surface area contributed by atoms with Gasteiger partial charge in [-0.2, -0.15) is 13.2 Å². The number of rotatable bonds is 3. The molecule has 0 bridgehead atoms. The lowest BCUT2D eigenvalue weighted by Crippen LogP contribution is -2.36. The molecule has 0 saturated carbocycles. The molecule has 1 atom stereocenters. The Morgan fingerprint density at radius 1 is 1.13 bits per heavy atom. The number of aromatic nitrogens is 2. The second kappa shape index (κ2) is 7.73. The van der Waals surface area contributed by atoms with Crippen molar-refractivity contribution in [3.05, 3.63) is 36.2 Å². The maximum absolute atomic E-state index is 13.8. The average molecular weight is 423 g/mol. The number of urea groups is 1. The van der Waals surface area contributed by atoms with E-state index in [9.17, 15) is 23.1 Å². The molecule has 2 aliphatic heterocycles. The molecule has 1 N–H and O–H groups in total. The number of aliphatic hydroxyl groups excluding tert-OH is 1. The number of halogens is 3. The highest BCUT2D eigenvalue weighted by atomic mass is 19.4. The number of amides is 2. The van der Waals surface area contributed by atoms with Crippen LogP contribution in [0.25, 0.3) is 11.1 Å². The molecule has 1 unspecified atom stereocenters. The number of hydrogen-bond donors (Lipinski definition) is 1. The van der Waals surface area contributed by atoms with Gasteiger partial charge in [0.2, 0.25) is 0 Å². The van der Waals surface area contributed by atoms with E-state index < -0.39 is 24.0 Å².